The Labute approximate surface area is 196 Å². The van der Waals surface area contributed by atoms with Crippen LogP contribution in [-0.4, -0.2) is 42.0 Å². The van der Waals surface area contributed by atoms with Crippen molar-refractivity contribution in [2.45, 2.75) is 6.04 Å². The quantitative estimate of drug-likeness (QED) is 0.417. The fourth-order valence-electron chi connectivity index (χ4n) is 3.59. The molecule has 2 heterocycles. The number of furan rings is 1. The van der Waals surface area contributed by atoms with Crippen molar-refractivity contribution in [2.24, 2.45) is 0 Å². The van der Waals surface area contributed by atoms with Crippen molar-refractivity contribution < 1.29 is 23.8 Å². The van der Waals surface area contributed by atoms with Crippen LogP contribution in [0.4, 0.5) is 0 Å². The predicted octanol–water partition coefficient (Wildman–Crippen LogP) is 5.73. The molecular formula is C22H16BrCl2NO5. The van der Waals surface area contributed by atoms with Crippen LogP contribution in [0, 0.1) is 0 Å². The van der Waals surface area contributed by atoms with Crippen LogP contribution in [-0.2, 0) is 9.53 Å². The molecule has 1 unspecified atom stereocenters. The average Bonchev–Trinajstić information content (AvgIpc) is 3.27. The number of nitrogens with zero attached hydrogens (tertiary/aromatic N) is 1. The van der Waals surface area contributed by atoms with Gasteiger partial charge in [-0.2, -0.15) is 0 Å². The second kappa shape index (κ2) is 8.67. The molecule has 160 valence electrons. The van der Waals surface area contributed by atoms with E-state index in [0.717, 1.165) is 4.47 Å². The molecule has 9 heteroatoms. The van der Waals surface area contributed by atoms with Gasteiger partial charge in [-0.15, -0.1) is 0 Å². The molecule has 0 radical (unpaired) electrons. The molecule has 2 aromatic carbocycles. The van der Waals surface area contributed by atoms with E-state index in [0.29, 0.717) is 21.6 Å². The van der Waals surface area contributed by atoms with Crippen molar-refractivity contribution in [2.75, 3.05) is 20.3 Å². The van der Waals surface area contributed by atoms with Gasteiger partial charge in [-0.05, 0) is 42.0 Å². The van der Waals surface area contributed by atoms with Crippen LogP contribution < -0.4 is 0 Å². The van der Waals surface area contributed by atoms with Gasteiger partial charge in [0.25, 0.3) is 5.91 Å². The Balaban J connectivity index is 1.82. The number of carbonyl (C=O) groups excluding carboxylic acids is 2. The summed E-state index contributed by atoms with van der Waals surface area (Å²) in [6, 6.07) is 10.9. The Morgan fingerprint density at radius 1 is 1.19 bits per heavy atom. The minimum absolute atomic E-state index is 0.0149. The van der Waals surface area contributed by atoms with Crippen LogP contribution in [0.25, 0.3) is 11.0 Å². The number of fused-ring (bicyclic) bond motifs is 1. The van der Waals surface area contributed by atoms with E-state index in [1.807, 2.05) is 6.07 Å². The average molecular weight is 525 g/mol. The topological polar surface area (TPSA) is 80.0 Å². The minimum atomic E-state index is -0.870. The second-order valence-electron chi connectivity index (χ2n) is 6.95. The summed E-state index contributed by atoms with van der Waals surface area (Å²) in [6.45, 7) is 0.380. The number of aliphatic hydroxyl groups excluding tert-OH is 1. The van der Waals surface area contributed by atoms with E-state index >= 15 is 0 Å². The lowest BCUT2D eigenvalue weighted by Gasteiger charge is -2.26. The lowest BCUT2D eigenvalue weighted by molar-refractivity contribution is -0.130. The fourth-order valence-corrected chi connectivity index (χ4v) is 4.28. The number of hydrogen-bond acceptors (Lipinski definition) is 5. The van der Waals surface area contributed by atoms with Crippen molar-refractivity contribution in [3.8, 4) is 0 Å². The number of benzene rings is 2. The molecule has 1 aliphatic rings. The number of ether oxygens (including phenoxy) is 1. The fraction of sp³-hybridized carbons (Fsp3) is 0.182. The third-order valence-corrected chi connectivity index (χ3v) is 6.28. The van der Waals surface area contributed by atoms with Crippen molar-refractivity contribution in [3.63, 3.8) is 0 Å². The molecule has 0 spiro atoms. The highest BCUT2D eigenvalue weighted by atomic mass is 79.9. The van der Waals surface area contributed by atoms with Crippen LogP contribution in [0.5, 0.6) is 0 Å². The van der Waals surface area contributed by atoms with E-state index in [1.54, 1.807) is 36.4 Å². The molecule has 1 aliphatic heterocycles. The molecule has 4 rings (SSSR count). The molecule has 0 saturated heterocycles. The monoisotopic (exact) mass is 523 g/mol. The zero-order valence-electron chi connectivity index (χ0n) is 16.2. The highest BCUT2D eigenvalue weighted by Crippen LogP contribution is 2.41. The van der Waals surface area contributed by atoms with Gasteiger partial charge in [-0.25, -0.2) is 0 Å². The van der Waals surface area contributed by atoms with Crippen molar-refractivity contribution in [1.29, 1.82) is 0 Å². The van der Waals surface area contributed by atoms with Crippen molar-refractivity contribution >= 4 is 61.8 Å². The van der Waals surface area contributed by atoms with Gasteiger partial charge in [0.15, 0.2) is 11.5 Å². The van der Waals surface area contributed by atoms with Crippen LogP contribution in [0.3, 0.4) is 0 Å². The van der Waals surface area contributed by atoms with E-state index in [-0.39, 0.29) is 29.5 Å². The predicted molar refractivity (Wildman–Crippen MR) is 121 cm³/mol. The molecule has 6 nitrogen and oxygen atoms in total. The molecule has 1 atom stereocenters. The molecule has 0 aliphatic carbocycles. The maximum absolute atomic E-state index is 13.4. The summed E-state index contributed by atoms with van der Waals surface area (Å²) < 4.78 is 11.6. The number of carbonyl (C=O) groups is 2. The number of rotatable bonds is 6. The lowest BCUT2D eigenvalue weighted by atomic mass is 9.95. The summed E-state index contributed by atoms with van der Waals surface area (Å²) in [5.41, 5.74) is 0.959. The zero-order valence-corrected chi connectivity index (χ0v) is 19.3. The molecule has 1 amide bonds. The normalized spacial score (nSPS) is 16.6. The number of Topliss-reactive ketones (excluding diaryl/α,β-unsaturated/α-hetero) is 1. The summed E-state index contributed by atoms with van der Waals surface area (Å²) in [5, 5.41) is 12.0. The third-order valence-electron chi connectivity index (χ3n) is 5.05. The molecular weight excluding hydrogens is 509 g/mol. The van der Waals surface area contributed by atoms with Gasteiger partial charge in [0.05, 0.1) is 28.3 Å². The summed E-state index contributed by atoms with van der Waals surface area (Å²) in [4.78, 5) is 27.6. The minimum Gasteiger partial charge on any atom is -0.503 e. The molecule has 3 aromatic rings. The number of ketones is 1. The van der Waals surface area contributed by atoms with E-state index in [1.165, 1.54) is 12.0 Å². The maximum Gasteiger partial charge on any atom is 0.290 e. The van der Waals surface area contributed by atoms with Gasteiger partial charge in [0, 0.05) is 23.5 Å². The summed E-state index contributed by atoms with van der Waals surface area (Å²) in [6.07, 6.45) is 0. The third kappa shape index (κ3) is 3.99. The Kier molecular flexibility index (Phi) is 6.12. The standard InChI is InChI=1S/C22H16BrCl2NO5/c1-30-7-6-26-19(11-2-4-14(24)15(25)9-11)18(21(28)22(26)29)20(27)17-10-12-8-13(23)3-5-16(12)31-17/h2-5,8-10,19,28H,6-7H2,1H3. The number of amides is 1. The van der Waals surface area contributed by atoms with Crippen LogP contribution in [0.2, 0.25) is 10.0 Å². The summed E-state index contributed by atoms with van der Waals surface area (Å²) in [5.74, 6) is -1.87. The smallest absolute Gasteiger partial charge is 0.290 e. The van der Waals surface area contributed by atoms with Gasteiger partial charge >= 0.3 is 0 Å². The zero-order chi connectivity index (χ0) is 22.3. The summed E-state index contributed by atoms with van der Waals surface area (Å²) in [7, 11) is 1.50. The number of aliphatic hydroxyl groups is 1. The van der Waals surface area contributed by atoms with Crippen LogP contribution >= 0.6 is 39.1 Å². The first-order valence-corrected chi connectivity index (χ1v) is 10.8. The number of hydrogen-bond donors (Lipinski definition) is 1. The second-order valence-corrected chi connectivity index (χ2v) is 8.68. The molecule has 0 saturated carbocycles. The van der Waals surface area contributed by atoms with Crippen LogP contribution in [0.15, 0.2) is 62.7 Å². The molecule has 1 aromatic heterocycles. The first-order chi connectivity index (χ1) is 14.8. The molecule has 1 N–H and O–H groups in total. The Morgan fingerprint density at radius 3 is 2.68 bits per heavy atom. The van der Waals surface area contributed by atoms with E-state index < -0.39 is 23.5 Å². The molecule has 31 heavy (non-hydrogen) atoms. The van der Waals surface area contributed by atoms with Gasteiger partial charge in [-0.1, -0.05) is 45.2 Å². The highest BCUT2D eigenvalue weighted by Gasteiger charge is 2.44. The Hall–Kier alpha value is -2.32. The first kappa shape index (κ1) is 21.9. The molecule has 0 bridgehead atoms. The number of methoxy groups -OCH3 is 1. The molecule has 0 fully saturated rings. The number of halogens is 3. The van der Waals surface area contributed by atoms with E-state index in [9.17, 15) is 14.7 Å². The van der Waals surface area contributed by atoms with E-state index in [4.69, 9.17) is 32.4 Å². The van der Waals surface area contributed by atoms with Crippen molar-refractivity contribution in [3.05, 3.63) is 79.6 Å². The van der Waals surface area contributed by atoms with Crippen LogP contribution in [0.1, 0.15) is 22.2 Å². The largest absolute Gasteiger partial charge is 0.503 e. The van der Waals surface area contributed by atoms with Gasteiger partial charge in [0.1, 0.15) is 5.58 Å². The van der Waals surface area contributed by atoms with Gasteiger partial charge < -0.3 is 19.2 Å². The SMILES string of the molecule is COCCN1C(=O)C(O)=C(C(=O)c2cc3cc(Br)ccc3o2)C1c1ccc(Cl)c(Cl)c1. The first-order valence-electron chi connectivity index (χ1n) is 9.23. The Bertz CT molecular complexity index is 1240. The van der Waals surface area contributed by atoms with Gasteiger partial charge in [-0.3, -0.25) is 9.59 Å². The maximum atomic E-state index is 13.4. The van der Waals surface area contributed by atoms with Gasteiger partial charge in [0.2, 0.25) is 5.78 Å². The highest BCUT2D eigenvalue weighted by molar-refractivity contribution is 9.10. The van der Waals surface area contributed by atoms with Crippen molar-refractivity contribution in [1.82, 2.24) is 4.90 Å². The van der Waals surface area contributed by atoms with E-state index in [2.05, 4.69) is 15.9 Å². The lowest BCUT2D eigenvalue weighted by Crippen LogP contribution is -2.34. The summed E-state index contributed by atoms with van der Waals surface area (Å²) >= 11 is 15.6. The Morgan fingerprint density at radius 2 is 1.97 bits per heavy atom.